The van der Waals surface area contributed by atoms with Gasteiger partial charge in [0.2, 0.25) is 5.95 Å². The average molecular weight is 288 g/mol. The maximum absolute atomic E-state index is 4.57. The molecule has 2 unspecified atom stereocenters. The predicted molar refractivity (Wildman–Crippen MR) is 85.5 cm³/mol. The van der Waals surface area contributed by atoms with Gasteiger partial charge >= 0.3 is 0 Å². The van der Waals surface area contributed by atoms with Crippen LogP contribution in [0.3, 0.4) is 0 Å². The number of aromatic amines is 1. The zero-order chi connectivity index (χ0) is 14.7. The number of nitrogens with one attached hydrogen (secondary N) is 3. The van der Waals surface area contributed by atoms with E-state index in [-0.39, 0.29) is 0 Å². The van der Waals surface area contributed by atoms with Crippen LogP contribution in [0.2, 0.25) is 0 Å². The minimum absolute atomic E-state index is 0.635. The van der Waals surface area contributed by atoms with Crippen molar-refractivity contribution in [2.24, 2.45) is 11.8 Å². The number of H-pyrrole nitrogens is 1. The van der Waals surface area contributed by atoms with E-state index in [1.807, 2.05) is 6.92 Å². The molecule has 3 N–H and O–H groups in total. The Morgan fingerprint density at radius 2 is 2.10 bits per heavy atom. The number of aromatic nitrogens is 4. The zero-order valence-corrected chi connectivity index (χ0v) is 12.8. The van der Waals surface area contributed by atoms with Crippen LogP contribution in [-0.2, 0) is 0 Å². The van der Waals surface area contributed by atoms with Crippen molar-refractivity contribution in [3.05, 3.63) is 6.33 Å². The Morgan fingerprint density at radius 1 is 1.24 bits per heavy atom. The highest BCUT2D eigenvalue weighted by Crippen LogP contribution is 2.30. The third kappa shape index (κ3) is 3.09. The van der Waals surface area contributed by atoms with Crippen molar-refractivity contribution in [1.82, 2.24) is 19.9 Å². The van der Waals surface area contributed by atoms with Gasteiger partial charge in [0.1, 0.15) is 5.52 Å². The number of fused-ring (bicyclic) bond motifs is 1. The van der Waals surface area contributed by atoms with Gasteiger partial charge in [0.15, 0.2) is 11.5 Å². The number of nitrogens with zero attached hydrogens (tertiary/aromatic N) is 3. The first-order valence-corrected chi connectivity index (χ1v) is 7.96. The SMILES string of the molecule is CCNc1nc(NCC2CCCCC2C)c2[nH]cnc2n1. The summed E-state index contributed by atoms with van der Waals surface area (Å²) in [4.78, 5) is 16.3. The van der Waals surface area contributed by atoms with E-state index in [0.717, 1.165) is 36.3 Å². The number of hydrogen-bond donors (Lipinski definition) is 3. The summed E-state index contributed by atoms with van der Waals surface area (Å²) in [6, 6.07) is 0. The molecule has 2 aromatic heterocycles. The molecule has 0 radical (unpaired) electrons. The summed E-state index contributed by atoms with van der Waals surface area (Å²) in [6.45, 7) is 6.17. The van der Waals surface area contributed by atoms with Crippen LogP contribution in [0.5, 0.6) is 0 Å². The zero-order valence-electron chi connectivity index (χ0n) is 12.8. The summed E-state index contributed by atoms with van der Waals surface area (Å²) < 4.78 is 0. The molecule has 1 aliphatic rings. The standard InChI is InChI=1S/C15H24N6/c1-3-16-15-20-13(12-14(21-15)19-9-18-12)17-8-11-7-5-4-6-10(11)2/h9-11H,3-8H2,1-2H3,(H3,16,17,18,19,20,21). The maximum Gasteiger partial charge on any atom is 0.226 e. The van der Waals surface area contributed by atoms with Gasteiger partial charge in [0.05, 0.1) is 6.33 Å². The second-order valence-corrected chi connectivity index (χ2v) is 5.93. The number of rotatable bonds is 5. The minimum atomic E-state index is 0.635. The monoisotopic (exact) mass is 288 g/mol. The Balaban J connectivity index is 1.77. The van der Waals surface area contributed by atoms with E-state index in [1.54, 1.807) is 6.33 Å². The molecule has 0 spiro atoms. The molecule has 3 rings (SSSR count). The Kier molecular flexibility index (Phi) is 4.22. The van der Waals surface area contributed by atoms with Crippen LogP contribution in [0.1, 0.15) is 39.5 Å². The van der Waals surface area contributed by atoms with E-state index < -0.39 is 0 Å². The fraction of sp³-hybridized carbons (Fsp3) is 0.667. The number of imidazole rings is 1. The molecule has 6 heteroatoms. The van der Waals surface area contributed by atoms with Gasteiger partial charge < -0.3 is 15.6 Å². The van der Waals surface area contributed by atoms with Crippen LogP contribution >= 0.6 is 0 Å². The Morgan fingerprint density at radius 3 is 2.90 bits per heavy atom. The quantitative estimate of drug-likeness (QED) is 0.788. The van der Waals surface area contributed by atoms with Crippen molar-refractivity contribution in [1.29, 1.82) is 0 Å². The number of hydrogen-bond acceptors (Lipinski definition) is 5. The Bertz CT molecular complexity index is 593. The van der Waals surface area contributed by atoms with E-state index in [4.69, 9.17) is 0 Å². The van der Waals surface area contributed by atoms with E-state index in [9.17, 15) is 0 Å². The second-order valence-electron chi connectivity index (χ2n) is 5.93. The van der Waals surface area contributed by atoms with Gasteiger partial charge in [-0.1, -0.05) is 26.2 Å². The molecule has 0 bridgehead atoms. The topological polar surface area (TPSA) is 78.5 Å². The van der Waals surface area contributed by atoms with E-state index >= 15 is 0 Å². The van der Waals surface area contributed by atoms with Crippen LogP contribution in [0.4, 0.5) is 11.8 Å². The normalized spacial score (nSPS) is 22.4. The van der Waals surface area contributed by atoms with Crippen LogP contribution < -0.4 is 10.6 Å². The molecule has 0 aromatic carbocycles. The molecule has 0 amide bonds. The van der Waals surface area contributed by atoms with Crippen LogP contribution in [-0.4, -0.2) is 33.0 Å². The van der Waals surface area contributed by atoms with Gasteiger partial charge in [0, 0.05) is 13.1 Å². The first kappa shape index (κ1) is 14.1. The lowest BCUT2D eigenvalue weighted by Crippen LogP contribution is -2.24. The Labute approximate surface area is 125 Å². The third-order valence-corrected chi connectivity index (χ3v) is 4.44. The van der Waals surface area contributed by atoms with E-state index in [0.29, 0.717) is 11.6 Å². The van der Waals surface area contributed by atoms with E-state index in [2.05, 4.69) is 37.5 Å². The van der Waals surface area contributed by atoms with E-state index in [1.165, 1.54) is 25.7 Å². The molecule has 6 nitrogen and oxygen atoms in total. The summed E-state index contributed by atoms with van der Waals surface area (Å²) in [7, 11) is 0. The summed E-state index contributed by atoms with van der Waals surface area (Å²) >= 11 is 0. The second kappa shape index (κ2) is 6.28. The first-order chi connectivity index (χ1) is 10.3. The molecule has 114 valence electrons. The average Bonchev–Trinajstić information content (AvgIpc) is 2.95. The van der Waals surface area contributed by atoms with Crippen molar-refractivity contribution in [3.8, 4) is 0 Å². The summed E-state index contributed by atoms with van der Waals surface area (Å²) in [5.41, 5.74) is 1.60. The molecule has 2 heterocycles. The smallest absolute Gasteiger partial charge is 0.226 e. The molecule has 0 aliphatic heterocycles. The molecule has 1 aliphatic carbocycles. The molecular formula is C15H24N6. The van der Waals surface area contributed by atoms with Gasteiger partial charge in [-0.05, 0) is 25.2 Å². The summed E-state index contributed by atoms with van der Waals surface area (Å²) in [6.07, 6.45) is 7.05. The summed E-state index contributed by atoms with van der Waals surface area (Å²) in [5.74, 6) is 3.01. The number of anilines is 2. The molecule has 2 aromatic rings. The molecular weight excluding hydrogens is 264 g/mol. The van der Waals surface area contributed by atoms with Crippen LogP contribution in [0.15, 0.2) is 6.33 Å². The fourth-order valence-electron chi connectivity index (χ4n) is 3.12. The predicted octanol–water partition coefficient (Wildman–Crippen LogP) is 3.02. The highest BCUT2D eigenvalue weighted by Gasteiger charge is 2.21. The van der Waals surface area contributed by atoms with Crippen LogP contribution in [0, 0.1) is 11.8 Å². The molecule has 1 saturated carbocycles. The maximum atomic E-state index is 4.57. The van der Waals surface area contributed by atoms with Crippen molar-refractivity contribution in [2.45, 2.75) is 39.5 Å². The minimum Gasteiger partial charge on any atom is -0.368 e. The van der Waals surface area contributed by atoms with Crippen molar-refractivity contribution >= 4 is 22.9 Å². The van der Waals surface area contributed by atoms with Crippen molar-refractivity contribution in [3.63, 3.8) is 0 Å². The largest absolute Gasteiger partial charge is 0.368 e. The van der Waals surface area contributed by atoms with Gasteiger partial charge in [-0.2, -0.15) is 9.97 Å². The van der Waals surface area contributed by atoms with Crippen LogP contribution in [0.25, 0.3) is 11.2 Å². The fourth-order valence-corrected chi connectivity index (χ4v) is 3.12. The third-order valence-electron chi connectivity index (χ3n) is 4.44. The lowest BCUT2D eigenvalue weighted by Gasteiger charge is -2.29. The lowest BCUT2D eigenvalue weighted by molar-refractivity contribution is 0.268. The first-order valence-electron chi connectivity index (χ1n) is 7.96. The molecule has 1 fully saturated rings. The van der Waals surface area contributed by atoms with Gasteiger partial charge in [-0.15, -0.1) is 0 Å². The van der Waals surface area contributed by atoms with Crippen molar-refractivity contribution in [2.75, 3.05) is 23.7 Å². The molecule has 0 saturated heterocycles. The summed E-state index contributed by atoms with van der Waals surface area (Å²) in [5, 5.41) is 6.67. The highest BCUT2D eigenvalue weighted by atomic mass is 15.2. The highest BCUT2D eigenvalue weighted by molar-refractivity contribution is 5.83. The van der Waals surface area contributed by atoms with Gasteiger partial charge in [0.25, 0.3) is 0 Å². The van der Waals surface area contributed by atoms with Crippen molar-refractivity contribution < 1.29 is 0 Å². The lowest BCUT2D eigenvalue weighted by atomic mass is 9.80. The Hall–Kier alpha value is -1.85. The van der Waals surface area contributed by atoms with Gasteiger partial charge in [-0.3, -0.25) is 0 Å². The van der Waals surface area contributed by atoms with Gasteiger partial charge in [-0.25, -0.2) is 4.98 Å². The molecule has 21 heavy (non-hydrogen) atoms. The molecule has 2 atom stereocenters.